The lowest BCUT2D eigenvalue weighted by Crippen LogP contribution is -2.39. The lowest BCUT2D eigenvalue weighted by molar-refractivity contribution is -0.150. The quantitative estimate of drug-likeness (QED) is 0.589. The minimum absolute atomic E-state index is 0.0788. The van der Waals surface area contributed by atoms with E-state index in [-0.39, 0.29) is 44.4 Å². The van der Waals surface area contributed by atoms with Crippen LogP contribution in [0.25, 0.3) is 0 Å². The van der Waals surface area contributed by atoms with E-state index in [9.17, 15) is 14.4 Å². The summed E-state index contributed by atoms with van der Waals surface area (Å²) in [4.78, 5) is 35.4. The van der Waals surface area contributed by atoms with Crippen molar-refractivity contribution in [1.82, 2.24) is 4.90 Å². The second-order valence-corrected chi connectivity index (χ2v) is 4.52. The molecule has 0 aromatic rings. The molecule has 1 unspecified atom stereocenters. The number of nitrogens with zero attached hydrogens (tertiary/aromatic N) is 1. The highest BCUT2D eigenvalue weighted by Gasteiger charge is 2.20. The molecule has 116 valence electrons. The van der Waals surface area contributed by atoms with Crippen molar-refractivity contribution < 1.29 is 29.0 Å². The van der Waals surface area contributed by atoms with Gasteiger partial charge in [-0.15, -0.1) is 0 Å². The summed E-state index contributed by atoms with van der Waals surface area (Å²) in [5.74, 6) is -1.99. The van der Waals surface area contributed by atoms with Crippen molar-refractivity contribution >= 4 is 17.8 Å². The van der Waals surface area contributed by atoms with E-state index in [0.29, 0.717) is 6.61 Å². The fourth-order valence-corrected chi connectivity index (χ4v) is 1.65. The van der Waals surface area contributed by atoms with Crippen LogP contribution < -0.4 is 0 Å². The molecule has 7 heteroatoms. The van der Waals surface area contributed by atoms with Crippen LogP contribution in [0.2, 0.25) is 0 Å². The van der Waals surface area contributed by atoms with E-state index >= 15 is 0 Å². The molecule has 20 heavy (non-hydrogen) atoms. The van der Waals surface area contributed by atoms with Crippen molar-refractivity contribution in [1.29, 1.82) is 0 Å². The van der Waals surface area contributed by atoms with Crippen LogP contribution in [0.1, 0.15) is 26.7 Å². The summed E-state index contributed by atoms with van der Waals surface area (Å²) in [5.41, 5.74) is 0. The summed E-state index contributed by atoms with van der Waals surface area (Å²) in [6.07, 6.45) is -0.00131. The van der Waals surface area contributed by atoms with Crippen LogP contribution >= 0.6 is 0 Å². The second-order valence-electron chi connectivity index (χ2n) is 4.52. The smallest absolute Gasteiger partial charge is 0.325 e. The molecule has 0 saturated carbocycles. The zero-order valence-corrected chi connectivity index (χ0v) is 12.3. The van der Waals surface area contributed by atoms with Gasteiger partial charge in [-0.2, -0.15) is 0 Å². The highest BCUT2D eigenvalue weighted by atomic mass is 16.5. The minimum atomic E-state index is -0.945. The maximum absolute atomic E-state index is 12.1. The first-order chi connectivity index (χ1) is 9.40. The third-order valence-electron chi connectivity index (χ3n) is 2.59. The first-order valence-electron chi connectivity index (χ1n) is 6.54. The molecule has 0 saturated heterocycles. The number of hydrogen-bond acceptors (Lipinski definition) is 5. The fourth-order valence-electron chi connectivity index (χ4n) is 1.65. The van der Waals surface area contributed by atoms with Crippen molar-refractivity contribution in [3.8, 4) is 0 Å². The number of carboxylic acids is 1. The third-order valence-corrected chi connectivity index (χ3v) is 2.59. The van der Waals surface area contributed by atoms with Gasteiger partial charge in [0.05, 0.1) is 13.2 Å². The number of carbonyl (C=O) groups excluding carboxylic acids is 2. The number of carbonyl (C=O) groups is 3. The normalized spacial score (nSPS) is 11.8. The van der Waals surface area contributed by atoms with Gasteiger partial charge in [0, 0.05) is 26.5 Å². The van der Waals surface area contributed by atoms with Gasteiger partial charge in [0.15, 0.2) is 0 Å². The first kappa shape index (κ1) is 18.4. The summed E-state index contributed by atoms with van der Waals surface area (Å²) in [6, 6.07) is 0. The van der Waals surface area contributed by atoms with E-state index in [0.717, 1.165) is 0 Å². The first-order valence-corrected chi connectivity index (χ1v) is 6.54. The Labute approximate surface area is 118 Å². The number of methoxy groups -OCH3 is 1. The van der Waals surface area contributed by atoms with Gasteiger partial charge < -0.3 is 19.5 Å². The van der Waals surface area contributed by atoms with Gasteiger partial charge in [-0.25, -0.2) is 0 Å². The molecule has 1 atom stereocenters. The number of carboxylic acid groups (broad SMARTS) is 1. The molecule has 0 aliphatic heterocycles. The molecule has 1 amide bonds. The largest absolute Gasteiger partial charge is 0.481 e. The Balaban J connectivity index is 4.46. The van der Waals surface area contributed by atoms with Crippen molar-refractivity contribution in [2.24, 2.45) is 5.92 Å². The van der Waals surface area contributed by atoms with Gasteiger partial charge >= 0.3 is 11.9 Å². The van der Waals surface area contributed by atoms with Gasteiger partial charge in [-0.05, 0) is 12.8 Å². The highest BCUT2D eigenvalue weighted by molar-refractivity contribution is 5.82. The number of aliphatic carboxylic acids is 1. The third kappa shape index (κ3) is 8.47. The van der Waals surface area contributed by atoms with Gasteiger partial charge in [0.2, 0.25) is 5.91 Å². The van der Waals surface area contributed by atoms with Crippen LogP contribution in [0.3, 0.4) is 0 Å². The average Bonchev–Trinajstić information content (AvgIpc) is 2.33. The van der Waals surface area contributed by atoms with Crippen LogP contribution in [0.5, 0.6) is 0 Å². The lowest BCUT2D eigenvalue weighted by Gasteiger charge is -2.22. The number of amides is 1. The van der Waals surface area contributed by atoms with Crippen molar-refractivity contribution in [3.63, 3.8) is 0 Å². The van der Waals surface area contributed by atoms with Crippen molar-refractivity contribution in [2.75, 3.05) is 33.4 Å². The predicted molar refractivity (Wildman–Crippen MR) is 71.1 cm³/mol. The van der Waals surface area contributed by atoms with E-state index < -0.39 is 11.9 Å². The summed E-state index contributed by atoms with van der Waals surface area (Å²) in [6.45, 7) is 4.06. The van der Waals surface area contributed by atoms with E-state index in [1.54, 1.807) is 13.8 Å². The molecule has 7 nitrogen and oxygen atoms in total. The number of rotatable bonds is 10. The van der Waals surface area contributed by atoms with Crippen LogP contribution in [-0.4, -0.2) is 61.3 Å². The van der Waals surface area contributed by atoms with Gasteiger partial charge in [-0.3, -0.25) is 14.4 Å². The maximum atomic E-state index is 12.1. The lowest BCUT2D eigenvalue weighted by atomic mass is 10.0. The van der Waals surface area contributed by atoms with E-state index in [2.05, 4.69) is 0 Å². The summed E-state index contributed by atoms with van der Waals surface area (Å²) in [5, 5.41) is 8.67. The molecule has 0 rings (SSSR count). The molecule has 0 bridgehead atoms. The number of esters is 1. The molecule has 0 heterocycles. The number of ether oxygens (including phenoxy) is 2. The molecule has 0 aliphatic carbocycles. The standard InChI is InChI=1S/C13H23NO6/c1-4-20-13(18)9-14(5-6-19-3)11(15)7-10(2)8-12(16)17/h10H,4-9H2,1-3H3,(H,16,17). The molecule has 0 spiro atoms. The molecule has 0 radical (unpaired) electrons. The highest BCUT2D eigenvalue weighted by Crippen LogP contribution is 2.10. The second kappa shape index (κ2) is 10.2. The van der Waals surface area contributed by atoms with Crippen LogP contribution in [-0.2, 0) is 23.9 Å². The van der Waals surface area contributed by atoms with Crippen molar-refractivity contribution in [2.45, 2.75) is 26.7 Å². The van der Waals surface area contributed by atoms with Gasteiger partial charge in [0.1, 0.15) is 6.54 Å². The topological polar surface area (TPSA) is 93.1 Å². The van der Waals surface area contributed by atoms with E-state index in [1.807, 2.05) is 0 Å². The maximum Gasteiger partial charge on any atom is 0.325 e. The molecular formula is C13H23NO6. The zero-order valence-electron chi connectivity index (χ0n) is 12.3. The van der Waals surface area contributed by atoms with Crippen molar-refractivity contribution in [3.05, 3.63) is 0 Å². The van der Waals surface area contributed by atoms with E-state index in [1.165, 1.54) is 12.0 Å². The Kier molecular flexibility index (Phi) is 9.36. The van der Waals surface area contributed by atoms with Crippen LogP contribution in [0.15, 0.2) is 0 Å². The van der Waals surface area contributed by atoms with Crippen LogP contribution in [0, 0.1) is 5.92 Å². The fraction of sp³-hybridized carbons (Fsp3) is 0.769. The molecule has 0 aromatic carbocycles. The van der Waals surface area contributed by atoms with E-state index in [4.69, 9.17) is 14.6 Å². The zero-order chi connectivity index (χ0) is 15.5. The molecule has 1 N–H and O–H groups in total. The predicted octanol–water partition coefficient (Wildman–Crippen LogP) is 0.525. The Hall–Kier alpha value is -1.63. The Morgan fingerprint density at radius 1 is 1.25 bits per heavy atom. The van der Waals surface area contributed by atoms with Gasteiger partial charge in [0.25, 0.3) is 0 Å². The molecule has 0 aliphatic rings. The number of hydrogen-bond donors (Lipinski definition) is 1. The SMILES string of the molecule is CCOC(=O)CN(CCOC)C(=O)CC(C)CC(=O)O. The molecule has 0 fully saturated rings. The van der Waals surface area contributed by atoms with Gasteiger partial charge in [-0.1, -0.05) is 6.92 Å². The van der Waals surface area contributed by atoms with Crippen LogP contribution in [0.4, 0.5) is 0 Å². The molecule has 0 aromatic heterocycles. The summed E-state index contributed by atoms with van der Waals surface area (Å²) < 4.78 is 9.70. The molecular weight excluding hydrogens is 266 g/mol. The monoisotopic (exact) mass is 289 g/mol. The Morgan fingerprint density at radius 3 is 2.40 bits per heavy atom. The summed E-state index contributed by atoms with van der Waals surface area (Å²) in [7, 11) is 1.50. The average molecular weight is 289 g/mol. The minimum Gasteiger partial charge on any atom is -0.481 e. The Bertz CT molecular complexity index is 331. The Morgan fingerprint density at radius 2 is 1.90 bits per heavy atom. The summed E-state index contributed by atoms with van der Waals surface area (Å²) >= 11 is 0.